The summed E-state index contributed by atoms with van der Waals surface area (Å²) in [6, 6.07) is 3.71. The van der Waals surface area contributed by atoms with Crippen LogP contribution >= 0.6 is 11.8 Å². The van der Waals surface area contributed by atoms with Gasteiger partial charge in [-0.1, -0.05) is 0 Å². The van der Waals surface area contributed by atoms with Gasteiger partial charge in [0.25, 0.3) is 0 Å². The molecule has 0 saturated carbocycles. The number of nitrogens with one attached hydrogen (secondary N) is 1. The van der Waals surface area contributed by atoms with E-state index in [0.29, 0.717) is 17.9 Å². The van der Waals surface area contributed by atoms with E-state index in [1.807, 2.05) is 6.92 Å². The summed E-state index contributed by atoms with van der Waals surface area (Å²) in [5.74, 6) is 0.478. The first-order chi connectivity index (χ1) is 12.6. The van der Waals surface area contributed by atoms with Crippen LogP contribution in [0.25, 0.3) is 0 Å². The van der Waals surface area contributed by atoms with Crippen molar-refractivity contribution in [3.8, 4) is 5.75 Å². The van der Waals surface area contributed by atoms with Gasteiger partial charge in [0.1, 0.15) is 11.8 Å². The van der Waals surface area contributed by atoms with Crippen molar-refractivity contribution in [2.75, 3.05) is 32.3 Å². The second-order valence-electron chi connectivity index (χ2n) is 6.90. The quantitative estimate of drug-likeness (QED) is 0.783. The predicted molar refractivity (Wildman–Crippen MR) is 103 cm³/mol. The third-order valence-corrected chi connectivity index (χ3v) is 8.27. The number of amides is 2. The molecule has 2 aliphatic heterocycles. The Kier molecular flexibility index (Phi) is 5.17. The molecule has 10 heteroatoms. The van der Waals surface area contributed by atoms with Gasteiger partial charge in [-0.3, -0.25) is 9.59 Å². The molecule has 2 saturated heterocycles. The van der Waals surface area contributed by atoms with Gasteiger partial charge in [-0.25, -0.2) is 12.7 Å². The second kappa shape index (κ2) is 6.99. The molecule has 1 aromatic carbocycles. The number of carbonyl (C=O) groups excluding carboxylic acids is 2. The fourth-order valence-corrected chi connectivity index (χ4v) is 5.75. The number of carbonyl (C=O) groups is 2. The Morgan fingerprint density at radius 3 is 2.74 bits per heavy atom. The summed E-state index contributed by atoms with van der Waals surface area (Å²) in [6.07, 6.45) is 1.16. The minimum atomic E-state index is -3.65. The summed E-state index contributed by atoms with van der Waals surface area (Å²) in [5, 5.41) is 2.75. The number of sulfonamides is 1. The smallest absolute Gasteiger partial charge is 0.248 e. The van der Waals surface area contributed by atoms with Crippen molar-refractivity contribution in [3.63, 3.8) is 0 Å². The highest BCUT2D eigenvalue weighted by Gasteiger charge is 2.52. The topological polar surface area (TPSA) is 96.0 Å². The maximum absolute atomic E-state index is 12.9. The summed E-state index contributed by atoms with van der Waals surface area (Å²) in [5.41, 5.74) is 0.260. The van der Waals surface area contributed by atoms with Crippen LogP contribution in [0.1, 0.15) is 19.8 Å². The van der Waals surface area contributed by atoms with E-state index < -0.39 is 16.1 Å². The van der Waals surface area contributed by atoms with Gasteiger partial charge >= 0.3 is 0 Å². The number of thioether (sulfide) groups is 1. The summed E-state index contributed by atoms with van der Waals surface area (Å²) >= 11 is 1.60. The number of anilines is 1. The first-order valence-corrected chi connectivity index (χ1v) is 10.9. The molecule has 1 N–H and O–H groups in total. The molecule has 2 heterocycles. The molecular formula is C17H23N3O5S2. The third-order valence-electron chi connectivity index (χ3n) is 4.95. The van der Waals surface area contributed by atoms with Crippen LogP contribution in [0, 0.1) is 0 Å². The van der Waals surface area contributed by atoms with Gasteiger partial charge in [0.15, 0.2) is 0 Å². The second-order valence-corrected chi connectivity index (χ2v) is 10.6. The first kappa shape index (κ1) is 20.0. The highest BCUT2D eigenvalue weighted by Crippen LogP contribution is 2.47. The highest BCUT2D eigenvalue weighted by molar-refractivity contribution is 8.01. The maximum Gasteiger partial charge on any atom is 0.248 e. The molecule has 3 rings (SSSR count). The minimum Gasteiger partial charge on any atom is -0.495 e. The van der Waals surface area contributed by atoms with Crippen molar-refractivity contribution in [2.24, 2.45) is 0 Å². The van der Waals surface area contributed by atoms with Crippen LogP contribution in [-0.4, -0.2) is 67.3 Å². The van der Waals surface area contributed by atoms with Gasteiger partial charge in [-0.05, 0) is 31.5 Å². The SMILES string of the molecule is COc1ccc(S(=O)(=O)N(C)C)cc1NC(=O)[C@H]1CS[C@]2(C)CCC(=O)N12. The van der Waals surface area contributed by atoms with Gasteiger partial charge in [-0.15, -0.1) is 11.8 Å². The lowest BCUT2D eigenvalue weighted by Crippen LogP contribution is -2.48. The Labute approximate surface area is 163 Å². The Bertz CT molecular complexity index is 887. The number of fused-ring (bicyclic) bond motifs is 1. The molecule has 2 fully saturated rings. The summed E-state index contributed by atoms with van der Waals surface area (Å²) in [6.45, 7) is 1.97. The third kappa shape index (κ3) is 3.41. The molecule has 8 nitrogen and oxygen atoms in total. The highest BCUT2D eigenvalue weighted by atomic mass is 32.2. The zero-order valence-electron chi connectivity index (χ0n) is 15.7. The van der Waals surface area contributed by atoms with E-state index in [-0.39, 0.29) is 27.3 Å². The van der Waals surface area contributed by atoms with Gasteiger partial charge in [0, 0.05) is 26.3 Å². The molecule has 2 aliphatic rings. The number of hydrogen-bond donors (Lipinski definition) is 1. The van der Waals surface area contributed by atoms with E-state index in [0.717, 1.165) is 10.7 Å². The fraction of sp³-hybridized carbons (Fsp3) is 0.529. The average molecular weight is 414 g/mol. The van der Waals surface area contributed by atoms with E-state index in [4.69, 9.17) is 4.74 Å². The Morgan fingerprint density at radius 1 is 1.41 bits per heavy atom. The Hall–Kier alpha value is -1.78. The van der Waals surface area contributed by atoms with E-state index in [1.54, 1.807) is 16.7 Å². The summed E-state index contributed by atoms with van der Waals surface area (Å²) in [7, 11) is 0.664. The zero-order valence-corrected chi connectivity index (χ0v) is 17.3. The number of benzene rings is 1. The number of methoxy groups -OCH3 is 1. The van der Waals surface area contributed by atoms with Crippen LogP contribution in [-0.2, 0) is 19.6 Å². The molecule has 2 amide bonds. The molecule has 148 valence electrons. The molecule has 0 bridgehead atoms. The van der Waals surface area contributed by atoms with Crippen molar-refractivity contribution >= 4 is 39.3 Å². The number of ether oxygens (including phenoxy) is 1. The number of nitrogens with zero attached hydrogens (tertiary/aromatic N) is 2. The standard InChI is InChI=1S/C17H23N3O5S2/c1-17-8-7-15(21)20(17)13(10-26-17)16(22)18-12-9-11(5-6-14(12)25-4)27(23,24)19(2)3/h5-6,9,13H,7-8,10H2,1-4H3,(H,18,22)/t13-,17-/m1/s1. The van der Waals surface area contributed by atoms with Crippen molar-refractivity contribution in [1.29, 1.82) is 0 Å². The molecule has 0 aliphatic carbocycles. The molecule has 0 aromatic heterocycles. The lowest BCUT2D eigenvalue weighted by molar-refractivity contribution is -0.135. The fourth-order valence-electron chi connectivity index (χ4n) is 3.39. The average Bonchev–Trinajstić information content (AvgIpc) is 3.11. The molecule has 0 radical (unpaired) electrons. The maximum atomic E-state index is 12.9. The van der Waals surface area contributed by atoms with Crippen LogP contribution in [0.2, 0.25) is 0 Å². The van der Waals surface area contributed by atoms with Gasteiger partial charge in [0.05, 0.1) is 22.6 Å². The zero-order chi connectivity index (χ0) is 20.0. The Balaban J connectivity index is 1.89. The van der Waals surface area contributed by atoms with Crippen molar-refractivity contribution in [1.82, 2.24) is 9.21 Å². The summed E-state index contributed by atoms with van der Waals surface area (Å²) in [4.78, 5) is 26.5. The van der Waals surface area contributed by atoms with Crippen LogP contribution in [0.5, 0.6) is 5.75 Å². The van der Waals surface area contributed by atoms with Gasteiger partial charge in [-0.2, -0.15) is 0 Å². The lowest BCUT2D eigenvalue weighted by Gasteiger charge is -2.30. The van der Waals surface area contributed by atoms with Crippen LogP contribution < -0.4 is 10.1 Å². The molecule has 1 aromatic rings. The van der Waals surface area contributed by atoms with Crippen molar-refractivity contribution in [3.05, 3.63) is 18.2 Å². The molecule has 27 heavy (non-hydrogen) atoms. The largest absolute Gasteiger partial charge is 0.495 e. The van der Waals surface area contributed by atoms with Crippen molar-refractivity contribution in [2.45, 2.75) is 35.6 Å². The monoisotopic (exact) mass is 413 g/mol. The number of rotatable bonds is 5. The molecule has 2 atom stereocenters. The van der Waals surface area contributed by atoms with E-state index in [2.05, 4.69) is 5.32 Å². The van der Waals surface area contributed by atoms with E-state index in [9.17, 15) is 18.0 Å². The van der Waals surface area contributed by atoms with Crippen LogP contribution in [0.4, 0.5) is 5.69 Å². The predicted octanol–water partition coefficient (Wildman–Crippen LogP) is 1.34. The normalized spacial score (nSPS) is 25.0. The molecule has 0 spiro atoms. The Morgan fingerprint density at radius 2 is 2.11 bits per heavy atom. The molecular weight excluding hydrogens is 390 g/mol. The molecule has 0 unspecified atom stereocenters. The van der Waals surface area contributed by atoms with Crippen LogP contribution in [0.3, 0.4) is 0 Å². The lowest BCUT2D eigenvalue weighted by atomic mass is 10.2. The van der Waals surface area contributed by atoms with Crippen molar-refractivity contribution < 1.29 is 22.7 Å². The van der Waals surface area contributed by atoms with E-state index >= 15 is 0 Å². The number of hydrogen-bond acceptors (Lipinski definition) is 6. The minimum absolute atomic E-state index is 0.0291. The van der Waals surface area contributed by atoms with Gasteiger partial charge in [0.2, 0.25) is 21.8 Å². The van der Waals surface area contributed by atoms with E-state index in [1.165, 1.54) is 39.4 Å². The summed E-state index contributed by atoms with van der Waals surface area (Å²) < 4.78 is 31.1. The van der Waals surface area contributed by atoms with Gasteiger partial charge < -0.3 is 15.0 Å². The van der Waals surface area contributed by atoms with Crippen LogP contribution in [0.15, 0.2) is 23.1 Å². The first-order valence-electron chi connectivity index (χ1n) is 8.48.